The van der Waals surface area contributed by atoms with Gasteiger partial charge < -0.3 is 0 Å². The first-order valence-corrected chi connectivity index (χ1v) is 8.37. The van der Waals surface area contributed by atoms with Crippen molar-refractivity contribution in [1.82, 2.24) is 4.98 Å². The molecule has 0 amide bonds. The molecule has 1 saturated carbocycles. The average Bonchev–Trinajstić information content (AvgIpc) is 2.48. The van der Waals surface area contributed by atoms with Gasteiger partial charge in [-0.2, -0.15) is 0 Å². The third-order valence-corrected chi connectivity index (χ3v) is 3.44. The smallest absolute Gasteiger partial charge is 0.0372 e. The Bertz CT molecular complexity index is 280. The Labute approximate surface area is 128 Å². The zero-order chi connectivity index (χ0) is 16.0. The fourth-order valence-electron chi connectivity index (χ4n) is 1.99. The first kappa shape index (κ1) is 21.4. The number of pyridine rings is 1. The van der Waals surface area contributed by atoms with Crippen LogP contribution in [0.5, 0.6) is 0 Å². The van der Waals surface area contributed by atoms with Crippen molar-refractivity contribution in [2.45, 2.75) is 81.1 Å². The molecule has 1 nitrogen and oxygen atoms in total. The molecule has 0 aliphatic heterocycles. The Kier molecular flexibility index (Phi) is 14.1. The maximum Gasteiger partial charge on any atom is 0.0372 e. The van der Waals surface area contributed by atoms with E-state index in [-0.39, 0.29) is 0 Å². The molecule has 2 rings (SSSR count). The molecular weight excluding hydrogens is 242 g/mol. The Balaban J connectivity index is 0. The van der Waals surface area contributed by atoms with Crippen molar-refractivity contribution < 1.29 is 0 Å². The molecule has 1 aromatic heterocycles. The van der Waals surface area contributed by atoms with Crippen molar-refractivity contribution in [1.29, 1.82) is 0 Å². The van der Waals surface area contributed by atoms with Gasteiger partial charge in [0.05, 0.1) is 0 Å². The second-order valence-corrected chi connectivity index (χ2v) is 5.82. The number of aryl methyl sites for hydroxylation is 1. The van der Waals surface area contributed by atoms with Gasteiger partial charge in [0.25, 0.3) is 0 Å². The fourth-order valence-corrected chi connectivity index (χ4v) is 1.99. The first-order valence-electron chi connectivity index (χ1n) is 8.37. The SMILES string of the molecule is CC.CC.CC1CCC(C)(C)CC1.Cc1ccccn1. The number of aromatic nitrogens is 1. The summed E-state index contributed by atoms with van der Waals surface area (Å²) in [6.07, 6.45) is 7.57. The Morgan fingerprint density at radius 3 is 1.75 bits per heavy atom. The largest absolute Gasteiger partial charge is 0.262 e. The molecule has 1 aliphatic carbocycles. The highest BCUT2D eigenvalue weighted by Crippen LogP contribution is 2.37. The van der Waals surface area contributed by atoms with Crippen LogP contribution in [0.4, 0.5) is 0 Å². The lowest BCUT2D eigenvalue weighted by Gasteiger charge is -2.32. The van der Waals surface area contributed by atoms with E-state index < -0.39 is 0 Å². The molecule has 118 valence electrons. The minimum atomic E-state index is 0.659. The van der Waals surface area contributed by atoms with Crippen LogP contribution in [0.15, 0.2) is 24.4 Å². The van der Waals surface area contributed by atoms with Crippen LogP contribution in [-0.2, 0) is 0 Å². The van der Waals surface area contributed by atoms with Crippen LogP contribution < -0.4 is 0 Å². The van der Waals surface area contributed by atoms with E-state index in [1.807, 2.05) is 52.8 Å². The second-order valence-electron chi connectivity index (χ2n) is 5.82. The van der Waals surface area contributed by atoms with Gasteiger partial charge in [0.15, 0.2) is 0 Å². The number of hydrogen-bond acceptors (Lipinski definition) is 1. The van der Waals surface area contributed by atoms with E-state index in [1.54, 1.807) is 6.20 Å². The summed E-state index contributed by atoms with van der Waals surface area (Å²) in [4.78, 5) is 3.98. The summed E-state index contributed by atoms with van der Waals surface area (Å²) in [7, 11) is 0. The van der Waals surface area contributed by atoms with Gasteiger partial charge in [0.2, 0.25) is 0 Å². The van der Waals surface area contributed by atoms with Crippen LogP contribution in [0.2, 0.25) is 0 Å². The van der Waals surface area contributed by atoms with E-state index in [9.17, 15) is 0 Å². The van der Waals surface area contributed by atoms with Gasteiger partial charge in [-0.25, -0.2) is 0 Å². The van der Waals surface area contributed by atoms with E-state index in [0.717, 1.165) is 11.6 Å². The van der Waals surface area contributed by atoms with Crippen LogP contribution in [0, 0.1) is 18.3 Å². The fraction of sp³-hybridized carbons (Fsp3) is 0.737. The minimum Gasteiger partial charge on any atom is -0.262 e. The third kappa shape index (κ3) is 12.2. The molecule has 0 aromatic carbocycles. The number of hydrogen-bond donors (Lipinski definition) is 0. The number of rotatable bonds is 0. The van der Waals surface area contributed by atoms with Gasteiger partial charge in [-0.15, -0.1) is 0 Å². The minimum absolute atomic E-state index is 0.659. The van der Waals surface area contributed by atoms with E-state index in [1.165, 1.54) is 25.7 Å². The lowest BCUT2D eigenvalue weighted by molar-refractivity contribution is 0.201. The molecule has 1 heterocycles. The number of nitrogens with zero attached hydrogens (tertiary/aromatic N) is 1. The van der Waals surface area contributed by atoms with Crippen LogP contribution in [0.3, 0.4) is 0 Å². The quantitative estimate of drug-likeness (QED) is 0.517. The van der Waals surface area contributed by atoms with Gasteiger partial charge in [-0.1, -0.05) is 67.4 Å². The van der Waals surface area contributed by atoms with Gasteiger partial charge >= 0.3 is 0 Å². The van der Waals surface area contributed by atoms with E-state index >= 15 is 0 Å². The highest BCUT2D eigenvalue weighted by Gasteiger charge is 2.23. The second kappa shape index (κ2) is 13.1. The standard InChI is InChI=1S/C9H18.C6H7N.2C2H6/c1-8-4-6-9(2,3)7-5-8;1-6-4-2-3-5-7-6;2*1-2/h8H,4-7H2,1-3H3;2-5H,1H3;2*1-2H3. The summed E-state index contributed by atoms with van der Waals surface area (Å²) in [5, 5.41) is 0. The Morgan fingerprint density at radius 2 is 1.50 bits per heavy atom. The first-order chi connectivity index (χ1) is 9.49. The summed E-state index contributed by atoms with van der Waals surface area (Å²) >= 11 is 0. The monoisotopic (exact) mass is 279 g/mol. The zero-order valence-electron chi connectivity index (χ0n) is 15.2. The predicted octanol–water partition coefficient (Wildman–Crippen LogP) is 6.67. The van der Waals surface area contributed by atoms with Crippen LogP contribution in [-0.4, -0.2) is 4.98 Å². The molecule has 20 heavy (non-hydrogen) atoms. The normalized spacial score (nSPS) is 16.4. The molecule has 0 N–H and O–H groups in total. The topological polar surface area (TPSA) is 12.9 Å². The average molecular weight is 280 g/mol. The lowest BCUT2D eigenvalue weighted by Crippen LogP contribution is -2.19. The van der Waals surface area contributed by atoms with Crippen molar-refractivity contribution in [2.24, 2.45) is 11.3 Å². The van der Waals surface area contributed by atoms with Crippen molar-refractivity contribution in [3.63, 3.8) is 0 Å². The van der Waals surface area contributed by atoms with Crippen LogP contribution >= 0.6 is 0 Å². The van der Waals surface area contributed by atoms with Crippen LogP contribution in [0.1, 0.15) is 79.8 Å². The summed E-state index contributed by atoms with van der Waals surface area (Å²) in [5.74, 6) is 0.998. The molecule has 1 aromatic rings. The van der Waals surface area contributed by atoms with E-state index in [2.05, 4.69) is 25.8 Å². The van der Waals surface area contributed by atoms with Crippen molar-refractivity contribution in [3.8, 4) is 0 Å². The molecule has 0 bridgehead atoms. The molecule has 1 fully saturated rings. The summed E-state index contributed by atoms with van der Waals surface area (Å²) in [6, 6.07) is 5.86. The van der Waals surface area contributed by atoms with Crippen LogP contribution in [0.25, 0.3) is 0 Å². The maximum atomic E-state index is 3.98. The summed E-state index contributed by atoms with van der Waals surface area (Å²) < 4.78 is 0. The molecule has 0 unspecified atom stereocenters. The highest BCUT2D eigenvalue weighted by molar-refractivity contribution is 4.99. The van der Waals surface area contributed by atoms with Gasteiger partial charge in [-0.3, -0.25) is 4.98 Å². The Morgan fingerprint density at radius 1 is 1.00 bits per heavy atom. The Hall–Kier alpha value is -0.850. The molecule has 1 heteroatoms. The molecule has 1 aliphatic rings. The predicted molar refractivity (Wildman–Crippen MR) is 93.1 cm³/mol. The van der Waals surface area contributed by atoms with E-state index in [4.69, 9.17) is 0 Å². The summed E-state index contributed by atoms with van der Waals surface area (Å²) in [5.41, 5.74) is 1.73. The molecule has 0 atom stereocenters. The van der Waals surface area contributed by atoms with Gasteiger partial charge in [0, 0.05) is 11.9 Å². The zero-order valence-corrected chi connectivity index (χ0v) is 15.2. The molecular formula is C19H37N. The molecule has 0 spiro atoms. The van der Waals surface area contributed by atoms with Crippen molar-refractivity contribution in [2.75, 3.05) is 0 Å². The maximum absolute atomic E-state index is 3.98. The van der Waals surface area contributed by atoms with Crippen molar-refractivity contribution in [3.05, 3.63) is 30.1 Å². The van der Waals surface area contributed by atoms with Gasteiger partial charge in [-0.05, 0) is 43.2 Å². The molecule has 0 radical (unpaired) electrons. The van der Waals surface area contributed by atoms with Crippen molar-refractivity contribution >= 4 is 0 Å². The van der Waals surface area contributed by atoms with E-state index in [0.29, 0.717) is 5.41 Å². The third-order valence-electron chi connectivity index (χ3n) is 3.44. The highest BCUT2D eigenvalue weighted by atomic mass is 14.6. The molecule has 0 saturated heterocycles. The lowest BCUT2D eigenvalue weighted by atomic mass is 9.74. The summed E-state index contributed by atoms with van der Waals surface area (Å²) in [6.45, 7) is 17.1. The van der Waals surface area contributed by atoms with Gasteiger partial charge in [0.1, 0.15) is 0 Å².